The van der Waals surface area contributed by atoms with Crippen LogP contribution in [-0.4, -0.2) is 50.9 Å². The molecule has 0 bridgehead atoms. The van der Waals surface area contributed by atoms with E-state index >= 15 is 0 Å². The third kappa shape index (κ3) is 8.07. The molecular weight excluding hydrogens is 609 g/mol. The van der Waals surface area contributed by atoms with Gasteiger partial charge in [0.1, 0.15) is 18.3 Å². The molecule has 12 heteroatoms. The largest absolute Gasteiger partial charge is 0.495 e. The van der Waals surface area contributed by atoms with E-state index < -0.39 is 28.5 Å². The van der Waals surface area contributed by atoms with E-state index in [2.05, 4.69) is 5.32 Å². The number of benzene rings is 3. The fourth-order valence-electron chi connectivity index (χ4n) is 3.94. The van der Waals surface area contributed by atoms with Gasteiger partial charge in [-0.2, -0.15) is 0 Å². The van der Waals surface area contributed by atoms with E-state index in [1.165, 1.54) is 48.4 Å². The predicted octanol–water partition coefficient (Wildman–Crippen LogP) is 6.18. The summed E-state index contributed by atoms with van der Waals surface area (Å²) in [6.45, 7) is 4.69. The van der Waals surface area contributed by atoms with Crippen molar-refractivity contribution in [2.45, 2.75) is 50.7 Å². The molecule has 0 fully saturated rings. The molecule has 0 aromatic heterocycles. The molecule has 220 valence electrons. The van der Waals surface area contributed by atoms with Crippen molar-refractivity contribution < 1.29 is 22.7 Å². The van der Waals surface area contributed by atoms with Crippen LogP contribution in [0.1, 0.15) is 32.8 Å². The number of methoxy groups -OCH3 is 1. The van der Waals surface area contributed by atoms with E-state index in [4.69, 9.17) is 39.5 Å². The lowest BCUT2D eigenvalue weighted by molar-refractivity contribution is -0.139. The summed E-state index contributed by atoms with van der Waals surface area (Å²) in [6.07, 6.45) is 0.691. The maximum Gasteiger partial charge on any atom is 0.264 e. The zero-order valence-corrected chi connectivity index (χ0v) is 26.2. The smallest absolute Gasteiger partial charge is 0.264 e. The van der Waals surface area contributed by atoms with Crippen molar-refractivity contribution in [1.29, 1.82) is 0 Å². The second kappa shape index (κ2) is 14.3. The van der Waals surface area contributed by atoms with Crippen molar-refractivity contribution in [3.63, 3.8) is 0 Å². The van der Waals surface area contributed by atoms with Gasteiger partial charge in [0.15, 0.2) is 0 Å². The topological polar surface area (TPSA) is 96.0 Å². The molecule has 2 amide bonds. The molecule has 8 nitrogen and oxygen atoms in total. The number of carbonyl (C=O) groups excluding carboxylic acids is 2. The number of sulfonamides is 1. The Morgan fingerprint density at radius 1 is 0.951 bits per heavy atom. The lowest BCUT2D eigenvalue weighted by Crippen LogP contribution is -2.52. The van der Waals surface area contributed by atoms with Crippen LogP contribution < -0.4 is 14.4 Å². The Bertz CT molecular complexity index is 1490. The summed E-state index contributed by atoms with van der Waals surface area (Å²) in [5.74, 6) is -0.676. The molecule has 0 radical (unpaired) electrons. The van der Waals surface area contributed by atoms with Gasteiger partial charge in [-0.15, -0.1) is 0 Å². The van der Waals surface area contributed by atoms with E-state index in [1.807, 2.05) is 13.8 Å². The summed E-state index contributed by atoms with van der Waals surface area (Å²) >= 11 is 18.8. The summed E-state index contributed by atoms with van der Waals surface area (Å²) in [5, 5.41) is 3.77. The minimum Gasteiger partial charge on any atom is -0.495 e. The summed E-state index contributed by atoms with van der Waals surface area (Å²) in [4.78, 5) is 28.4. The average molecular weight is 641 g/mol. The van der Waals surface area contributed by atoms with E-state index in [1.54, 1.807) is 37.3 Å². The Morgan fingerprint density at radius 3 is 2.22 bits per heavy atom. The van der Waals surface area contributed by atoms with Crippen molar-refractivity contribution in [2.24, 2.45) is 0 Å². The fourth-order valence-corrected chi connectivity index (χ4v) is 6.09. The van der Waals surface area contributed by atoms with Crippen LogP contribution in [0.2, 0.25) is 15.1 Å². The highest BCUT2D eigenvalue weighted by Gasteiger charge is 2.33. The number of amides is 2. The standard InChI is InChI=1S/C29H32Cl3N3O5S/c1-5-19(2)33-29(37)20(3)34(17-21-11-12-22(30)15-25(21)31)28(36)18-35(23-13-14-27(40-4)26(32)16-23)41(38,39)24-9-7-6-8-10-24/h6-16,19-20H,5,17-18H2,1-4H3,(H,33,37). The maximum atomic E-state index is 14.0. The fraction of sp³-hybridized carbons (Fsp3) is 0.310. The quantitative estimate of drug-likeness (QED) is 0.255. The number of nitrogens with one attached hydrogen (secondary N) is 1. The van der Waals surface area contributed by atoms with E-state index in [0.29, 0.717) is 27.8 Å². The molecule has 0 aliphatic carbocycles. The molecule has 0 saturated heterocycles. The lowest BCUT2D eigenvalue weighted by Gasteiger charge is -2.32. The summed E-state index contributed by atoms with van der Waals surface area (Å²) in [5.41, 5.74) is 0.687. The minimum atomic E-state index is -4.23. The van der Waals surface area contributed by atoms with Gasteiger partial charge in [-0.1, -0.05) is 66.0 Å². The molecule has 0 aliphatic heterocycles. The van der Waals surface area contributed by atoms with Crippen LogP contribution in [0.15, 0.2) is 71.6 Å². The van der Waals surface area contributed by atoms with Crippen LogP contribution in [0.4, 0.5) is 5.69 Å². The van der Waals surface area contributed by atoms with Gasteiger partial charge in [-0.05, 0) is 68.3 Å². The van der Waals surface area contributed by atoms with Crippen molar-refractivity contribution >= 4 is 62.3 Å². The second-order valence-corrected chi connectivity index (χ2v) is 12.5. The van der Waals surface area contributed by atoms with Crippen LogP contribution in [0.3, 0.4) is 0 Å². The van der Waals surface area contributed by atoms with Gasteiger partial charge in [0.05, 0.1) is 22.7 Å². The van der Waals surface area contributed by atoms with E-state index in [0.717, 1.165) is 4.31 Å². The lowest BCUT2D eigenvalue weighted by atomic mass is 10.1. The van der Waals surface area contributed by atoms with Gasteiger partial charge in [0.2, 0.25) is 11.8 Å². The van der Waals surface area contributed by atoms with Gasteiger partial charge in [-0.3, -0.25) is 13.9 Å². The second-order valence-electron chi connectivity index (χ2n) is 9.39. The highest BCUT2D eigenvalue weighted by Crippen LogP contribution is 2.32. The summed E-state index contributed by atoms with van der Waals surface area (Å²) in [7, 11) is -2.79. The molecule has 2 atom stereocenters. The molecule has 41 heavy (non-hydrogen) atoms. The van der Waals surface area contributed by atoms with Gasteiger partial charge in [-0.25, -0.2) is 8.42 Å². The van der Waals surface area contributed by atoms with Crippen LogP contribution in [-0.2, 0) is 26.2 Å². The maximum absolute atomic E-state index is 14.0. The molecule has 3 rings (SSSR count). The predicted molar refractivity (Wildman–Crippen MR) is 163 cm³/mol. The Kier molecular flexibility index (Phi) is 11.3. The number of rotatable bonds is 12. The number of hydrogen-bond donors (Lipinski definition) is 1. The summed E-state index contributed by atoms with van der Waals surface area (Å²) in [6, 6.07) is 15.9. The molecule has 0 aliphatic rings. The van der Waals surface area contributed by atoms with E-state index in [9.17, 15) is 18.0 Å². The first kappa shape index (κ1) is 32.5. The molecule has 0 spiro atoms. The molecule has 0 heterocycles. The first-order valence-corrected chi connectivity index (χ1v) is 15.4. The minimum absolute atomic E-state index is 0.0189. The Morgan fingerprint density at radius 2 is 1.63 bits per heavy atom. The number of nitrogens with zero attached hydrogens (tertiary/aromatic N) is 2. The van der Waals surface area contributed by atoms with Crippen LogP contribution in [0.5, 0.6) is 5.75 Å². The van der Waals surface area contributed by atoms with Gasteiger partial charge < -0.3 is 15.0 Å². The van der Waals surface area contributed by atoms with Crippen LogP contribution in [0, 0.1) is 0 Å². The van der Waals surface area contributed by atoms with Crippen LogP contribution >= 0.6 is 34.8 Å². The molecule has 1 N–H and O–H groups in total. The first-order valence-electron chi connectivity index (χ1n) is 12.8. The Labute approximate surface area is 256 Å². The highest BCUT2D eigenvalue weighted by atomic mass is 35.5. The van der Waals surface area contributed by atoms with Crippen molar-refractivity contribution in [1.82, 2.24) is 10.2 Å². The molecule has 2 unspecified atom stereocenters. The number of hydrogen-bond acceptors (Lipinski definition) is 5. The Hall–Kier alpha value is -2.98. The van der Waals surface area contributed by atoms with Crippen molar-refractivity contribution in [3.05, 3.63) is 87.4 Å². The molecule has 3 aromatic carbocycles. The molecule has 3 aromatic rings. The van der Waals surface area contributed by atoms with E-state index in [-0.39, 0.29) is 34.1 Å². The molecule has 0 saturated carbocycles. The zero-order chi connectivity index (χ0) is 30.3. The van der Waals surface area contributed by atoms with Gasteiger partial charge >= 0.3 is 0 Å². The number of carbonyl (C=O) groups is 2. The SMILES string of the molecule is CCC(C)NC(=O)C(C)N(Cc1ccc(Cl)cc1Cl)C(=O)CN(c1ccc(OC)c(Cl)c1)S(=O)(=O)c1ccccc1. The van der Waals surface area contributed by atoms with Gasteiger partial charge in [0, 0.05) is 22.6 Å². The van der Waals surface area contributed by atoms with Crippen molar-refractivity contribution in [2.75, 3.05) is 18.0 Å². The van der Waals surface area contributed by atoms with Crippen LogP contribution in [0.25, 0.3) is 0 Å². The summed E-state index contributed by atoms with van der Waals surface area (Å²) < 4.78 is 33.9. The highest BCUT2D eigenvalue weighted by molar-refractivity contribution is 7.92. The van der Waals surface area contributed by atoms with Crippen molar-refractivity contribution in [3.8, 4) is 5.75 Å². The number of ether oxygens (including phenoxy) is 1. The Balaban J connectivity index is 2.07. The monoisotopic (exact) mass is 639 g/mol. The third-order valence-corrected chi connectivity index (χ3v) is 9.23. The third-order valence-electron chi connectivity index (χ3n) is 6.56. The normalized spacial score (nSPS) is 12.8. The number of anilines is 1. The molecular formula is C29H32Cl3N3O5S. The van der Waals surface area contributed by atoms with Gasteiger partial charge in [0.25, 0.3) is 10.0 Å². The number of halogens is 3. The average Bonchev–Trinajstić information content (AvgIpc) is 2.95. The zero-order valence-electron chi connectivity index (χ0n) is 23.1. The first-order chi connectivity index (χ1) is 19.4.